The molecule has 2 saturated heterocycles. The van der Waals surface area contributed by atoms with Crippen LogP contribution in [0.3, 0.4) is 0 Å². The lowest BCUT2D eigenvalue weighted by Crippen LogP contribution is -2.44. The molecular weight excluding hydrogens is 382 g/mol. The SMILES string of the molecule is CN(C)Cc1cn(C2COC3C(NS(=O)(=O)Cc4ccccc4)COC32)nn1. The van der Waals surface area contributed by atoms with E-state index in [4.69, 9.17) is 9.47 Å². The van der Waals surface area contributed by atoms with Crippen LogP contribution in [0.2, 0.25) is 0 Å². The first-order valence-electron chi connectivity index (χ1n) is 9.24. The maximum atomic E-state index is 12.5. The maximum Gasteiger partial charge on any atom is 0.216 e. The molecule has 2 aliphatic heterocycles. The van der Waals surface area contributed by atoms with Crippen molar-refractivity contribution in [3.63, 3.8) is 0 Å². The molecule has 28 heavy (non-hydrogen) atoms. The Kier molecular flexibility index (Phi) is 5.48. The molecule has 4 atom stereocenters. The molecule has 0 bridgehead atoms. The molecule has 0 radical (unpaired) electrons. The lowest BCUT2D eigenvalue weighted by Gasteiger charge is -2.18. The van der Waals surface area contributed by atoms with Crippen LogP contribution in [0, 0.1) is 0 Å². The van der Waals surface area contributed by atoms with Gasteiger partial charge in [0.1, 0.15) is 18.2 Å². The van der Waals surface area contributed by atoms with Gasteiger partial charge in [-0.1, -0.05) is 35.5 Å². The Balaban J connectivity index is 1.40. The molecule has 1 aromatic heterocycles. The van der Waals surface area contributed by atoms with Crippen LogP contribution in [0.5, 0.6) is 0 Å². The van der Waals surface area contributed by atoms with Gasteiger partial charge in [-0.15, -0.1) is 5.10 Å². The van der Waals surface area contributed by atoms with Gasteiger partial charge < -0.3 is 14.4 Å². The van der Waals surface area contributed by atoms with Gasteiger partial charge in [-0.3, -0.25) is 0 Å². The third-order valence-corrected chi connectivity index (χ3v) is 6.31. The largest absolute Gasteiger partial charge is 0.371 e. The van der Waals surface area contributed by atoms with Gasteiger partial charge in [0.15, 0.2) is 0 Å². The van der Waals surface area contributed by atoms with Gasteiger partial charge in [0.25, 0.3) is 0 Å². The third-order valence-electron chi connectivity index (χ3n) is 4.93. The molecule has 1 aromatic carbocycles. The van der Waals surface area contributed by atoms with E-state index >= 15 is 0 Å². The molecule has 1 N–H and O–H groups in total. The number of nitrogens with one attached hydrogen (secondary N) is 1. The molecule has 2 aromatic rings. The minimum atomic E-state index is -3.50. The summed E-state index contributed by atoms with van der Waals surface area (Å²) in [7, 11) is 0.446. The minimum absolute atomic E-state index is 0.0673. The number of fused-ring (bicyclic) bond motifs is 1. The van der Waals surface area contributed by atoms with Crippen molar-refractivity contribution >= 4 is 10.0 Å². The Labute approximate surface area is 164 Å². The van der Waals surface area contributed by atoms with Gasteiger partial charge >= 0.3 is 0 Å². The van der Waals surface area contributed by atoms with E-state index in [2.05, 4.69) is 15.0 Å². The second-order valence-electron chi connectivity index (χ2n) is 7.56. The third kappa shape index (κ3) is 4.26. The molecule has 2 aliphatic rings. The molecule has 0 aliphatic carbocycles. The lowest BCUT2D eigenvalue weighted by molar-refractivity contribution is 0.0624. The number of rotatable bonds is 7. The monoisotopic (exact) mass is 407 g/mol. The first kappa shape index (κ1) is 19.5. The fourth-order valence-electron chi connectivity index (χ4n) is 3.74. The number of nitrogens with zero attached hydrogens (tertiary/aromatic N) is 4. The first-order valence-corrected chi connectivity index (χ1v) is 10.9. The van der Waals surface area contributed by atoms with E-state index in [1.165, 1.54) is 0 Å². The molecule has 3 heterocycles. The molecule has 4 rings (SSSR count). The molecule has 0 saturated carbocycles. The average molecular weight is 407 g/mol. The van der Waals surface area contributed by atoms with Gasteiger partial charge in [-0.2, -0.15) is 0 Å². The van der Waals surface area contributed by atoms with Crippen molar-refractivity contribution in [2.45, 2.75) is 36.6 Å². The molecule has 4 unspecified atom stereocenters. The summed E-state index contributed by atoms with van der Waals surface area (Å²) in [6.07, 6.45) is 1.31. The summed E-state index contributed by atoms with van der Waals surface area (Å²) >= 11 is 0. The lowest BCUT2D eigenvalue weighted by atomic mass is 10.1. The summed E-state index contributed by atoms with van der Waals surface area (Å²) in [6.45, 7) is 1.39. The summed E-state index contributed by atoms with van der Waals surface area (Å²) in [5.41, 5.74) is 1.61. The van der Waals surface area contributed by atoms with E-state index in [1.54, 1.807) is 16.8 Å². The second kappa shape index (κ2) is 7.88. The Morgan fingerprint density at radius 3 is 2.68 bits per heavy atom. The first-order chi connectivity index (χ1) is 13.4. The average Bonchev–Trinajstić information content (AvgIpc) is 3.32. The zero-order valence-corrected chi connectivity index (χ0v) is 16.7. The van der Waals surface area contributed by atoms with Gasteiger partial charge in [0.05, 0.1) is 36.9 Å². The zero-order valence-electron chi connectivity index (χ0n) is 15.9. The summed E-state index contributed by atoms with van der Waals surface area (Å²) in [5, 5.41) is 8.40. The van der Waals surface area contributed by atoms with E-state index in [0.29, 0.717) is 13.2 Å². The topological polar surface area (TPSA) is 98.6 Å². The van der Waals surface area contributed by atoms with Crippen LogP contribution in [0.1, 0.15) is 17.3 Å². The van der Waals surface area contributed by atoms with Gasteiger partial charge in [-0.05, 0) is 19.7 Å². The van der Waals surface area contributed by atoms with E-state index in [0.717, 1.165) is 11.3 Å². The molecule has 152 valence electrons. The van der Waals surface area contributed by atoms with Crippen LogP contribution in [0.25, 0.3) is 0 Å². The van der Waals surface area contributed by atoms with Crippen molar-refractivity contribution in [3.05, 3.63) is 47.8 Å². The van der Waals surface area contributed by atoms with Crippen molar-refractivity contribution in [1.29, 1.82) is 0 Å². The smallest absolute Gasteiger partial charge is 0.216 e. The molecule has 0 spiro atoms. The number of benzene rings is 1. The normalized spacial score (nSPS) is 27.4. The van der Waals surface area contributed by atoms with E-state index in [9.17, 15) is 8.42 Å². The highest BCUT2D eigenvalue weighted by Gasteiger charge is 2.49. The number of ether oxygens (including phenoxy) is 2. The van der Waals surface area contributed by atoms with Crippen molar-refractivity contribution in [2.75, 3.05) is 27.3 Å². The Morgan fingerprint density at radius 1 is 1.18 bits per heavy atom. The van der Waals surface area contributed by atoms with Crippen molar-refractivity contribution in [3.8, 4) is 0 Å². The van der Waals surface area contributed by atoms with Crippen LogP contribution in [-0.4, -0.2) is 73.9 Å². The van der Waals surface area contributed by atoms with E-state index in [-0.39, 0.29) is 30.6 Å². The quantitative estimate of drug-likeness (QED) is 0.698. The number of sulfonamides is 1. The van der Waals surface area contributed by atoms with Crippen LogP contribution < -0.4 is 4.72 Å². The maximum absolute atomic E-state index is 12.5. The number of aromatic nitrogens is 3. The minimum Gasteiger partial charge on any atom is -0.371 e. The number of hydrogen-bond acceptors (Lipinski definition) is 7. The fourth-order valence-corrected chi connectivity index (χ4v) is 5.12. The summed E-state index contributed by atoms with van der Waals surface area (Å²) in [4.78, 5) is 2.02. The molecule has 9 nitrogen and oxygen atoms in total. The van der Waals surface area contributed by atoms with E-state index in [1.807, 2.05) is 43.4 Å². The second-order valence-corrected chi connectivity index (χ2v) is 9.31. The predicted molar refractivity (Wildman–Crippen MR) is 102 cm³/mol. The Morgan fingerprint density at radius 2 is 1.93 bits per heavy atom. The number of hydrogen-bond donors (Lipinski definition) is 1. The fraction of sp³-hybridized carbons (Fsp3) is 0.556. The van der Waals surface area contributed by atoms with Crippen LogP contribution in [0.15, 0.2) is 36.5 Å². The predicted octanol–water partition coefficient (Wildman–Crippen LogP) is 0.167. The molecule has 10 heteroatoms. The summed E-state index contributed by atoms with van der Waals surface area (Å²) in [6, 6.07) is 8.58. The highest BCUT2D eigenvalue weighted by Crippen LogP contribution is 2.34. The van der Waals surface area contributed by atoms with E-state index < -0.39 is 16.1 Å². The van der Waals surface area contributed by atoms with Gasteiger partial charge in [-0.25, -0.2) is 17.8 Å². The highest BCUT2D eigenvalue weighted by molar-refractivity contribution is 7.88. The van der Waals surface area contributed by atoms with Gasteiger partial charge in [0.2, 0.25) is 10.0 Å². The summed E-state index contributed by atoms with van der Waals surface area (Å²) in [5.74, 6) is -0.0673. The van der Waals surface area contributed by atoms with Crippen LogP contribution >= 0.6 is 0 Å². The van der Waals surface area contributed by atoms with Crippen LogP contribution in [-0.2, 0) is 31.8 Å². The zero-order chi connectivity index (χ0) is 19.7. The summed E-state index contributed by atoms with van der Waals surface area (Å²) < 4.78 is 41.4. The van der Waals surface area contributed by atoms with Crippen molar-refractivity contribution in [2.24, 2.45) is 0 Å². The van der Waals surface area contributed by atoms with Gasteiger partial charge in [0, 0.05) is 6.54 Å². The van der Waals surface area contributed by atoms with Crippen molar-refractivity contribution in [1.82, 2.24) is 24.6 Å². The van der Waals surface area contributed by atoms with Crippen molar-refractivity contribution < 1.29 is 17.9 Å². The highest BCUT2D eigenvalue weighted by atomic mass is 32.2. The van der Waals surface area contributed by atoms with Crippen LogP contribution in [0.4, 0.5) is 0 Å². The Bertz CT molecular complexity index is 902. The standard InChI is InChI=1S/C18H25N5O4S/c1-22(2)8-14-9-23(21-19-14)16-11-27-17-15(10-26-18(16)17)20-28(24,25)12-13-6-4-3-5-7-13/h3-7,9,15-18,20H,8,10-12H2,1-2H3. The molecule has 0 amide bonds. The molecular formula is C18H25N5O4S. The Hall–Kier alpha value is -1.85. The molecule has 2 fully saturated rings.